The van der Waals surface area contributed by atoms with Gasteiger partial charge in [0.1, 0.15) is 18.1 Å². The molecular weight excluding hydrogens is 514 g/mol. The molecule has 0 fully saturated rings. The third kappa shape index (κ3) is 13.4. The third-order valence-corrected chi connectivity index (χ3v) is 5.76. The van der Waals surface area contributed by atoms with Crippen molar-refractivity contribution in [2.45, 2.75) is 75.5 Å². The zero-order chi connectivity index (χ0) is 29.4. The Hall–Kier alpha value is -4.04. The maximum absolute atomic E-state index is 13.1. The molecule has 0 heterocycles. The summed E-state index contributed by atoms with van der Waals surface area (Å²) in [5, 5.41) is 34.4. The second-order valence-electron chi connectivity index (χ2n) is 8.97. The maximum Gasteiger partial charge on any atom is 0.326 e. The van der Waals surface area contributed by atoms with Crippen LogP contribution in [0.5, 0.6) is 0 Å². The van der Waals surface area contributed by atoms with E-state index in [4.69, 9.17) is 21.7 Å². The van der Waals surface area contributed by atoms with Crippen molar-refractivity contribution in [2.24, 2.45) is 11.5 Å². The first-order chi connectivity index (χ1) is 18.4. The van der Waals surface area contributed by atoms with E-state index in [0.717, 1.165) is 5.56 Å². The van der Waals surface area contributed by atoms with Gasteiger partial charge in [0.2, 0.25) is 17.7 Å². The molecule has 0 saturated carbocycles. The largest absolute Gasteiger partial charge is 0.481 e. The van der Waals surface area contributed by atoms with E-state index in [1.165, 1.54) is 0 Å². The van der Waals surface area contributed by atoms with Crippen molar-refractivity contribution in [1.29, 1.82) is 0 Å². The number of carboxylic acid groups (broad SMARTS) is 3. The van der Waals surface area contributed by atoms with Crippen molar-refractivity contribution < 1.29 is 44.1 Å². The predicted octanol–water partition coefficient (Wildman–Crippen LogP) is -1.05. The smallest absolute Gasteiger partial charge is 0.326 e. The number of amides is 3. The molecule has 0 saturated heterocycles. The fourth-order valence-corrected chi connectivity index (χ4v) is 3.61. The number of benzene rings is 1. The number of aliphatic carboxylic acids is 3. The summed E-state index contributed by atoms with van der Waals surface area (Å²) in [5.41, 5.74) is 12.3. The molecule has 0 spiro atoms. The molecule has 0 aliphatic heterocycles. The van der Waals surface area contributed by atoms with Crippen LogP contribution in [0.1, 0.15) is 50.5 Å². The van der Waals surface area contributed by atoms with Gasteiger partial charge in [-0.15, -0.1) is 0 Å². The van der Waals surface area contributed by atoms with Crippen LogP contribution < -0.4 is 27.4 Å². The first-order valence-electron chi connectivity index (χ1n) is 12.5. The Kier molecular flexibility index (Phi) is 14.8. The van der Waals surface area contributed by atoms with Crippen LogP contribution in [0.4, 0.5) is 0 Å². The molecule has 0 aromatic heterocycles. The first kappa shape index (κ1) is 33.0. The van der Waals surface area contributed by atoms with Gasteiger partial charge in [0.25, 0.3) is 0 Å². The Morgan fingerprint density at radius 2 is 1.18 bits per heavy atom. The normalized spacial score (nSPS) is 13.8. The summed E-state index contributed by atoms with van der Waals surface area (Å²) in [6.45, 7) is 0.301. The average Bonchev–Trinajstić information content (AvgIpc) is 2.88. The van der Waals surface area contributed by atoms with Crippen molar-refractivity contribution in [1.82, 2.24) is 16.0 Å². The topological polar surface area (TPSA) is 251 Å². The Labute approximate surface area is 225 Å². The number of carbonyl (C=O) groups excluding carboxylic acids is 3. The third-order valence-electron chi connectivity index (χ3n) is 5.76. The number of nitrogens with two attached hydrogens (primary N) is 2. The molecule has 0 radical (unpaired) electrons. The average molecular weight is 552 g/mol. The molecule has 4 unspecified atom stereocenters. The molecule has 39 heavy (non-hydrogen) atoms. The number of carbonyl (C=O) groups is 6. The number of carboxylic acids is 3. The molecular formula is C25H37N5O9. The summed E-state index contributed by atoms with van der Waals surface area (Å²) in [5.74, 6) is -6.34. The second kappa shape index (κ2) is 17.5. The van der Waals surface area contributed by atoms with Crippen molar-refractivity contribution in [3.63, 3.8) is 0 Å². The van der Waals surface area contributed by atoms with Gasteiger partial charge >= 0.3 is 17.9 Å². The summed E-state index contributed by atoms with van der Waals surface area (Å²) in [6.07, 6.45) is -0.538. The highest BCUT2D eigenvalue weighted by atomic mass is 16.4. The highest BCUT2D eigenvalue weighted by molar-refractivity contribution is 5.94. The number of hydrogen-bond donors (Lipinski definition) is 8. The molecule has 0 aliphatic carbocycles. The number of unbranched alkanes of at least 4 members (excludes halogenated alkanes) is 1. The number of hydrogen-bond acceptors (Lipinski definition) is 8. The van der Waals surface area contributed by atoms with Crippen LogP contribution >= 0.6 is 0 Å². The highest BCUT2D eigenvalue weighted by Crippen LogP contribution is 2.08. The van der Waals surface area contributed by atoms with Gasteiger partial charge in [-0.25, -0.2) is 4.79 Å². The van der Waals surface area contributed by atoms with Crippen molar-refractivity contribution in [3.8, 4) is 0 Å². The minimum atomic E-state index is -1.51. The molecule has 4 atom stereocenters. The lowest BCUT2D eigenvalue weighted by Crippen LogP contribution is -2.57. The number of rotatable bonds is 19. The van der Waals surface area contributed by atoms with Gasteiger partial charge in [0, 0.05) is 12.8 Å². The van der Waals surface area contributed by atoms with E-state index < -0.39 is 72.6 Å². The molecule has 10 N–H and O–H groups in total. The van der Waals surface area contributed by atoms with Crippen LogP contribution in [0.25, 0.3) is 0 Å². The molecule has 216 valence electrons. The van der Waals surface area contributed by atoms with Gasteiger partial charge in [-0.3, -0.25) is 24.0 Å². The SMILES string of the molecule is NCCCCC(NC(=O)C(CCC(=O)O)NC(=O)C(N)Cc1ccccc1)C(=O)NC(CCC(=O)O)C(=O)O. The maximum atomic E-state index is 13.1. The van der Waals surface area contributed by atoms with E-state index in [9.17, 15) is 33.9 Å². The van der Waals surface area contributed by atoms with E-state index in [-0.39, 0.29) is 25.7 Å². The molecule has 1 aromatic carbocycles. The van der Waals surface area contributed by atoms with Crippen molar-refractivity contribution in [2.75, 3.05) is 6.54 Å². The Morgan fingerprint density at radius 3 is 1.69 bits per heavy atom. The van der Waals surface area contributed by atoms with E-state index in [1.54, 1.807) is 30.3 Å². The Bertz CT molecular complexity index is 989. The first-order valence-corrected chi connectivity index (χ1v) is 12.5. The van der Waals surface area contributed by atoms with Crippen LogP contribution in [0.3, 0.4) is 0 Å². The Morgan fingerprint density at radius 1 is 0.692 bits per heavy atom. The second-order valence-corrected chi connectivity index (χ2v) is 8.97. The van der Waals surface area contributed by atoms with Crippen LogP contribution in [0.15, 0.2) is 30.3 Å². The summed E-state index contributed by atoms with van der Waals surface area (Å²) in [4.78, 5) is 72.2. The molecule has 0 aliphatic rings. The van der Waals surface area contributed by atoms with Crippen LogP contribution in [-0.4, -0.2) is 81.7 Å². The van der Waals surface area contributed by atoms with E-state index in [0.29, 0.717) is 19.4 Å². The summed E-state index contributed by atoms with van der Waals surface area (Å²) in [7, 11) is 0. The lowest BCUT2D eigenvalue weighted by molar-refractivity contribution is -0.143. The lowest BCUT2D eigenvalue weighted by Gasteiger charge is -2.25. The monoisotopic (exact) mass is 551 g/mol. The quantitative estimate of drug-likeness (QED) is 0.0963. The fraction of sp³-hybridized carbons (Fsp3) is 0.520. The van der Waals surface area contributed by atoms with E-state index in [1.807, 2.05) is 0 Å². The van der Waals surface area contributed by atoms with Crippen LogP contribution in [0.2, 0.25) is 0 Å². The molecule has 0 bridgehead atoms. The van der Waals surface area contributed by atoms with Gasteiger partial charge in [-0.05, 0) is 50.6 Å². The standard InChI is InChI=1S/C25H37N5O9/c26-13-5-4-8-17(23(36)30-19(25(38)39)10-12-21(33)34)29-24(37)18(9-11-20(31)32)28-22(35)16(27)14-15-6-2-1-3-7-15/h1-3,6-7,16-19H,4-5,8-14,26-27H2,(H,28,35)(H,29,37)(H,30,36)(H,31,32)(H,33,34)(H,38,39). The predicted molar refractivity (Wildman–Crippen MR) is 138 cm³/mol. The van der Waals surface area contributed by atoms with Crippen molar-refractivity contribution in [3.05, 3.63) is 35.9 Å². The molecule has 14 heteroatoms. The molecule has 3 amide bonds. The Balaban J connectivity index is 3.00. The number of nitrogens with one attached hydrogen (secondary N) is 3. The summed E-state index contributed by atoms with van der Waals surface area (Å²) in [6, 6.07) is 3.74. The van der Waals surface area contributed by atoms with Crippen LogP contribution in [-0.2, 0) is 35.2 Å². The summed E-state index contributed by atoms with van der Waals surface area (Å²) < 4.78 is 0. The fourth-order valence-electron chi connectivity index (χ4n) is 3.61. The molecule has 1 rings (SSSR count). The van der Waals surface area contributed by atoms with Gasteiger partial charge in [0.05, 0.1) is 6.04 Å². The minimum Gasteiger partial charge on any atom is -0.481 e. The van der Waals surface area contributed by atoms with Crippen LogP contribution in [0, 0.1) is 0 Å². The van der Waals surface area contributed by atoms with Gasteiger partial charge < -0.3 is 42.7 Å². The van der Waals surface area contributed by atoms with Gasteiger partial charge in [-0.2, -0.15) is 0 Å². The van der Waals surface area contributed by atoms with Crippen molar-refractivity contribution >= 4 is 35.6 Å². The molecule has 14 nitrogen and oxygen atoms in total. The minimum absolute atomic E-state index is 0.0627. The van der Waals surface area contributed by atoms with E-state index >= 15 is 0 Å². The lowest BCUT2D eigenvalue weighted by atomic mass is 10.0. The summed E-state index contributed by atoms with van der Waals surface area (Å²) >= 11 is 0. The van der Waals surface area contributed by atoms with Gasteiger partial charge in [0.15, 0.2) is 0 Å². The zero-order valence-corrected chi connectivity index (χ0v) is 21.5. The highest BCUT2D eigenvalue weighted by Gasteiger charge is 2.30. The zero-order valence-electron chi connectivity index (χ0n) is 21.5. The van der Waals surface area contributed by atoms with E-state index in [2.05, 4.69) is 16.0 Å². The van der Waals surface area contributed by atoms with Gasteiger partial charge in [-0.1, -0.05) is 30.3 Å². The molecule has 1 aromatic rings.